The van der Waals surface area contributed by atoms with E-state index in [1.165, 1.54) is 4.68 Å². The SMILES string of the molecule is Cc1onc(-c2ccccc2Cl)c1C(=O)NCc1nnnn1-c1ccc(Cl)cc1. The maximum atomic E-state index is 12.9. The summed E-state index contributed by atoms with van der Waals surface area (Å²) in [7, 11) is 0. The number of amides is 1. The van der Waals surface area contributed by atoms with Crippen LogP contribution in [0.1, 0.15) is 21.9 Å². The molecule has 0 radical (unpaired) electrons. The number of tetrazole rings is 1. The topological polar surface area (TPSA) is 98.7 Å². The molecule has 29 heavy (non-hydrogen) atoms. The Bertz CT molecular complexity index is 1170. The molecule has 4 rings (SSSR count). The minimum absolute atomic E-state index is 0.0983. The van der Waals surface area contributed by atoms with Crippen molar-refractivity contribution in [1.29, 1.82) is 0 Å². The van der Waals surface area contributed by atoms with Crippen molar-refractivity contribution in [3.63, 3.8) is 0 Å². The Labute approximate surface area is 175 Å². The lowest BCUT2D eigenvalue weighted by atomic mass is 10.1. The molecule has 1 amide bonds. The molecule has 0 unspecified atom stereocenters. The molecule has 2 aromatic carbocycles. The number of halogens is 2. The van der Waals surface area contributed by atoms with Crippen LogP contribution < -0.4 is 5.32 Å². The maximum Gasteiger partial charge on any atom is 0.257 e. The van der Waals surface area contributed by atoms with E-state index >= 15 is 0 Å². The molecular formula is C19H14Cl2N6O2. The van der Waals surface area contributed by atoms with Crippen LogP contribution in [0.15, 0.2) is 53.1 Å². The second-order valence-corrected chi connectivity index (χ2v) is 6.95. The molecule has 4 aromatic rings. The van der Waals surface area contributed by atoms with Crippen LogP contribution in [0, 0.1) is 6.92 Å². The van der Waals surface area contributed by atoms with Crippen LogP contribution >= 0.6 is 23.2 Å². The van der Waals surface area contributed by atoms with E-state index in [1.54, 1.807) is 49.4 Å². The van der Waals surface area contributed by atoms with E-state index in [4.69, 9.17) is 27.7 Å². The number of aromatic nitrogens is 5. The van der Waals surface area contributed by atoms with Crippen LogP contribution in [0.25, 0.3) is 16.9 Å². The molecule has 2 aromatic heterocycles. The zero-order valence-electron chi connectivity index (χ0n) is 15.1. The first kappa shape index (κ1) is 19.1. The fraction of sp³-hybridized carbons (Fsp3) is 0.105. The number of aryl methyl sites for hydroxylation is 1. The van der Waals surface area contributed by atoms with Gasteiger partial charge in [0.05, 0.1) is 17.3 Å². The number of hydrogen-bond acceptors (Lipinski definition) is 6. The largest absolute Gasteiger partial charge is 0.360 e. The summed E-state index contributed by atoms with van der Waals surface area (Å²) in [5, 5.41) is 19.5. The van der Waals surface area contributed by atoms with E-state index in [9.17, 15) is 4.79 Å². The van der Waals surface area contributed by atoms with E-state index in [-0.39, 0.29) is 12.5 Å². The van der Waals surface area contributed by atoms with Gasteiger partial charge in [0.1, 0.15) is 17.0 Å². The molecule has 2 heterocycles. The zero-order chi connectivity index (χ0) is 20.4. The third-order valence-corrected chi connectivity index (χ3v) is 4.81. The molecule has 10 heteroatoms. The summed E-state index contributed by atoms with van der Waals surface area (Å²) in [5.74, 6) is 0.466. The summed E-state index contributed by atoms with van der Waals surface area (Å²) >= 11 is 12.2. The van der Waals surface area contributed by atoms with Crippen LogP contribution in [0.2, 0.25) is 10.0 Å². The van der Waals surface area contributed by atoms with Crippen molar-refractivity contribution in [1.82, 2.24) is 30.7 Å². The molecule has 146 valence electrons. The Morgan fingerprint density at radius 2 is 1.90 bits per heavy atom. The molecule has 0 spiro atoms. The van der Waals surface area contributed by atoms with E-state index in [1.807, 2.05) is 6.07 Å². The van der Waals surface area contributed by atoms with Gasteiger partial charge in [0, 0.05) is 10.6 Å². The molecule has 0 aliphatic carbocycles. The van der Waals surface area contributed by atoms with Crippen LogP contribution in [0.5, 0.6) is 0 Å². The summed E-state index contributed by atoms with van der Waals surface area (Å²) in [6, 6.07) is 14.1. The smallest absolute Gasteiger partial charge is 0.257 e. The van der Waals surface area contributed by atoms with Crippen LogP contribution in [0.4, 0.5) is 0 Å². The Kier molecular flexibility index (Phi) is 5.28. The van der Waals surface area contributed by atoms with Crippen LogP contribution in [0.3, 0.4) is 0 Å². The van der Waals surface area contributed by atoms with E-state index in [2.05, 4.69) is 26.0 Å². The second kappa shape index (κ2) is 8.02. The van der Waals surface area contributed by atoms with E-state index in [0.717, 1.165) is 5.69 Å². The molecule has 1 N–H and O–H groups in total. The van der Waals surface area contributed by atoms with Gasteiger partial charge in [-0.3, -0.25) is 4.79 Å². The second-order valence-electron chi connectivity index (χ2n) is 6.11. The van der Waals surface area contributed by atoms with Gasteiger partial charge in [-0.2, -0.15) is 4.68 Å². The molecular weight excluding hydrogens is 415 g/mol. The number of benzene rings is 2. The molecule has 0 saturated heterocycles. The van der Waals surface area contributed by atoms with Crippen molar-refractivity contribution in [2.45, 2.75) is 13.5 Å². The number of rotatable bonds is 5. The van der Waals surface area contributed by atoms with Gasteiger partial charge in [0.2, 0.25) is 0 Å². The molecule has 0 aliphatic heterocycles. The Hall–Kier alpha value is -3.23. The number of hydrogen-bond donors (Lipinski definition) is 1. The van der Waals surface area contributed by atoms with Crippen LogP contribution in [-0.2, 0) is 6.54 Å². The van der Waals surface area contributed by atoms with Gasteiger partial charge < -0.3 is 9.84 Å². The Balaban J connectivity index is 1.57. The minimum Gasteiger partial charge on any atom is -0.360 e. The quantitative estimate of drug-likeness (QED) is 0.517. The van der Waals surface area contributed by atoms with Gasteiger partial charge in [-0.1, -0.05) is 46.6 Å². The van der Waals surface area contributed by atoms with Crippen molar-refractivity contribution in [2.75, 3.05) is 0 Å². The number of nitrogens with one attached hydrogen (secondary N) is 1. The average Bonchev–Trinajstić information content (AvgIpc) is 3.34. The number of carbonyl (C=O) groups is 1. The molecule has 0 aliphatic rings. The normalized spacial score (nSPS) is 10.9. The van der Waals surface area contributed by atoms with Gasteiger partial charge >= 0.3 is 0 Å². The van der Waals surface area contributed by atoms with Crippen molar-refractivity contribution in [2.24, 2.45) is 0 Å². The fourth-order valence-electron chi connectivity index (χ4n) is 2.82. The first-order valence-electron chi connectivity index (χ1n) is 8.57. The molecule has 0 saturated carbocycles. The van der Waals surface area contributed by atoms with Crippen molar-refractivity contribution in [3.8, 4) is 16.9 Å². The lowest BCUT2D eigenvalue weighted by molar-refractivity contribution is 0.0948. The van der Waals surface area contributed by atoms with Crippen molar-refractivity contribution < 1.29 is 9.32 Å². The summed E-state index contributed by atoms with van der Waals surface area (Å²) < 4.78 is 6.76. The van der Waals surface area contributed by atoms with Gasteiger partial charge in [0.15, 0.2) is 5.82 Å². The minimum atomic E-state index is -0.371. The van der Waals surface area contributed by atoms with Crippen molar-refractivity contribution in [3.05, 3.63) is 75.7 Å². The number of carbonyl (C=O) groups excluding carboxylic acids is 1. The van der Waals surface area contributed by atoms with Crippen molar-refractivity contribution >= 4 is 29.1 Å². The highest BCUT2D eigenvalue weighted by molar-refractivity contribution is 6.33. The third kappa shape index (κ3) is 3.85. The fourth-order valence-corrected chi connectivity index (χ4v) is 3.17. The average molecular weight is 429 g/mol. The Morgan fingerprint density at radius 1 is 1.14 bits per heavy atom. The van der Waals surface area contributed by atoms with Gasteiger partial charge in [-0.05, 0) is 47.7 Å². The predicted octanol–water partition coefficient (Wildman–Crippen LogP) is 3.86. The van der Waals surface area contributed by atoms with Crippen LogP contribution in [-0.4, -0.2) is 31.3 Å². The van der Waals surface area contributed by atoms with E-state index < -0.39 is 0 Å². The predicted molar refractivity (Wildman–Crippen MR) is 107 cm³/mol. The molecule has 0 fully saturated rings. The standard InChI is InChI=1S/C19H14Cl2N6O2/c1-11-17(18(24-29-11)14-4-2-3-5-15(14)21)19(28)22-10-16-23-25-26-27(16)13-8-6-12(20)7-9-13/h2-9H,10H2,1H3,(H,22,28). The lowest BCUT2D eigenvalue weighted by Gasteiger charge is -2.07. The molecule has 0 bridgehead atoms. The van der Waals surface area contributed by atoms with E-state index in [0.29, 0.717) is 38.5 Å². The highest BCUT2D eigenvalue weighted by Gasteiger charge is 2.23. The maximum absolute atomic E-state index is 12.9. The summed E-state index contributed by atoms with van der Waals surface area (Å²) in [4.78, 5) is 12.9. The van der Waals surface area contributed by atoms with Gasteiger partial charge in [-0.15, -0.1) is 5.10 Å². The number of nitrogens with zero attached hydrogens (tertiary/aromatic N) is 5. The van der Waals surface area contributed by atoms with Gasteiger partial charge in [-0.25, -0.2) is 0 Å². The highest BCUT2D eigenvalue weighted by atomic mass is 35.5. The zero-order valence-corrected chi connectivity index (χ0v) is 16.6. The molecule has 0 atom stereocenters. The lowest BCUT2D eigenvalue weighted by Crippen LogP contribution is -2.25. The summed E-state index contributed by atoms with van der Waals surface area (Å²) in [6.45, 7) is 1.76. The molecule has 8 nitrogen and oxygen atoms in total. The van der Waals surface area contributed by atoms with Gasteiger partial charge in [0.25, 0.3) is 5.91 Å². The first-order chi connectivity index (χ1) is 14.0. The monoisotopic (exact) mass is 428 g/mol. The Morgan fingerprint density at radius 3 is 2.66 bits per heavy atom. The third-order valence-electron chi connectivity index (χ3n) is 4.23. The highest BCUT2D eigenvalue weighted by Crippen LogP contribution is 2.30. The summed E-state index contributed by atoms with van der Waals surface area (Å²) in [5.41, 5.74) is 2.02. The summed E-state index contributed by atoms with van der Waals surface area (Å²) in [6.07, 6.45) is 0. The first-order valence-corrected chi connectivity index (χ1v) is 9.32.